The summed E-state index contributed by atoms with van der Waals surface area (Å²) in [5.74, 6) is 0.129. The molecule has 3 heteroatoms. The normalized spacial score (nSPS) is 21.9. The van der Waals surface area contributed by atoms with Crippen molar-refractivity contribution in [2.24, 2.45) is 5.41 Å². The first-order valence-corrected chi connectivity index (χ1v) is 6.82. The number of rotatable bonds is 3. The molecule has 0 unspecified atom stereocenters. The SMILES string of the molecule is CN[C@@H](C)C(=O)NC1(C(C)(C)C)CCCCC1. The summed E-state index contributed by atoms with van der Waals surface area (Å²) in [4.78, 5) is 12.1. The van der Waals surface area contributed by atoms with E-state index in [4.69, 9.17) is 0 Å². The Bertz CT molecular complexity index is 262. The Labute approximate surface area is 106 Å². The maximum atomic E-state index is 12.1. The molecule has 1 saturated carbocycles. The summed E-state index contributed by atoms with van der Waals surface area (Å²) in [5.41, 5.74) is 0.101. The quantitative estimate of drug-likeness (QED) is 0.795. The molecule has 0 radical (unpaired) electrons. The molecule has 1 amide bonds. The van der Waals surface area contributed by atoms with Crippen LogP contribution in [-0.2, 0) is 4.79 Å². The summed E-state index contributed by atoms with van der Waals surface area (Å²) >= 11 is 0. The molecule has 0 saturated heterocycles. The van der Waals surface area contributed by atoms with Gasteiger partial charge in [0.25, 0.3) is 0 Å². The van der Waals surface area contributed by atoms with Crippen LogP contribution in [0.1, 0.15) is 59.8 Å². The molecule has 0 aromatic heterocycles. The first kappa shape index (κ1) is 14.5. The van der Waals surface area contributed by atoms with E-state index in [2.05, 4.69) is 31.4 Å². The van der Waals surface area contributed by atoms with E-state index < -0.39 is 0 Å². The molecular formula is C14H28N2O. The Morgan fingerprint density at radius 2 is 1.71 bits per heavy atom. The highest BCUT2D eigenvalue weighted by Gasteiger charge is 2.43. The number of carbonyl (C=O) groups excluding carboxylic acids is 1. The molecule has 1 atom stereocenters. The average Bonchev–Trinajstić information content (AvgIpc) is 2.27. The lowest BCUT2D eigenvalue weighted by Gasteiger charge is -2.48. The molecule has 1 aliphatic carbocycles. The van der Waals surface area contributed by atoms with Crippen molar-refractivity contribution >= 4 is 5.91 Å². The van der Waals surface area contributed by atoms with Crippen LogP contribution in [0.4, 0.5) is 0 Å². The molecular weight excluding hydrogens is 212 g/mol. The van der Waals surface area contributed by atoms with Gasteiger partial charge in [-0.3, -0.25) is 4.79 Å². The van der Waals surface area contributed by atoms with E-state index in [0.29, 0.717) is 0 Å². The highest BCUT2D eigenvalue weighted by Crippen LogP contribution is 2.41. The lowest BCUT2D eigenvalue weighted by atomic mass is 9.65. The second-order valence-corrected chi connectivity index (χ2v) is 6.39. The van der Waals surface area contributed by atoms with E-state index in [0.717, 1.165) is 12.8 Å². The van der Waals surface area contributed by atoms with Gasteiger partial charge in [0.2, 0.25) is 5.91 Å². The molecule has 0 aromatic carbocycles. The standard InChI is InChI=1S/C14H28N2O/c1-11(15-5)12(17)16-14(13(2,3)4)9-7-6-8-10-14/h11,15H,6-10H2,1-5H3,(H,16,17)/t11-/m0/s1. The van der Waals surface area contributed by atoms with Crippen LogP contribution in [0.2, 0.25) is 0 Å². The molecule has 3 nitrogen and oxygen atoms in total. The molecule has 0 bridgehead atoms. The van der Waals surface area contributed by atoms with E-state index >= 15 is 0 Å². The molecule has 17 heavy (non-hydrogen) atoms. The number of hydrogen-bond acceptors (Lipinski definition) is 2. The third-order valence-corrected chi connectivity index (χ3v) is 4.33. The van der Waals surface area contributed by atoms with Crippen LogP contribution >= 0.6 is 0 Å². The second kappa shape index (κ2) is 5.38. The molecule has 2 N–H and O–H groups in total. The van der Waals surface area contributed by atoms with Gasteiger partial charge in [-0.15, -0.1) is 0 Å². The fraction of sp³-hybridized carbons (Fsp3) is 0.929. The minimum Gasteiger partial charge on any atom is -0.349 e. The van der Waals surface area contributed by atoms with Crippen molar-refractivity contribution < 1.29 is 4.79 Å². The highest BCUT2D eigenvalue weighted by molar-refractivity contribution is 5.82. The largest absolute Gasteiger partial charge is 0.349 e. The minimum atomic E-state index is -0.115. The Hall–Kier alpha value is -0.570. The van der Waals surface area contributed by atoms with Crippen molar-refractivity contribution in [3.8, 4) is 0 Å². The van der Waals surface area contributed by atoms with Crippen LogP contribution in [0.5, 0.6) is 0 Å². The van der Waals surface area contributed by atoms with E-state index in [1.165, 1.54) is 19.3 Å². The van der Waals surface area contributed by atoms with Gasteiger partial charge >= 0.3 is 0 Å². The van der Waals surface area contributed by atoms with Crippen LogP contribution in [0.3, 0.4) is 0 Å². The molecule has 1 rings (SSSR count). The number of carbonyl (C=O) groups is 1. The van der Waals surface area contributed by atoms with Gasteiger partial charge < -0.3 is 10.6 Å². The molecule has 1 aliphatic rings. The summed E-state index contributed by atoms with van der Waals surface area (Å²) in [6.45, 7) is 8.63. The van der Waals surface area contributed by atoms with Crippen LogP contribution in [-0.4, -0.2) is 24.5 Å². The van der Waals surface area contributed by atoms with Gasteiger partial charge in [-0.2, -0.15) is 0 Å². The third-order valence-electron chi connectivity index (χ3n) is 4.33. The van der Waals surface area contributed by atoms with E-state index in [-0.39, 0.29) is 22.9 Å². The maximum absolute atomic E-state index is 12.1. The average molecular weight is 240 g/mol. The fourth-order valence-corrected chi connectivity index (χ4v) is 2.69. The lowest BCUT2D eigenvalue weighted by molar-refractivity contribution is -0.127. The van der Waals surface area contributed by atoms with E-state index in [9.17, 15) is 4.79 Å². The zero-order valence-electron chi connectivity index (χ0n) is 12.0. The van der Waals surface area contributed by atoms with Crippen LogP contribution in [0, 0.1) is 5.41 Å². The van der Waals surface area contributed by atoms with Gasteiger partial charge in [-0.1, -0.05) is 40.0 Å². The van der Waals surface area contributed by atoms with Gasteiger partial charge in [-0.25, -0.2) is 0 Å². The van der Waals surface area contributed by atoms with Crippen molar-refractivity contribution in [1.29, 1.82) is 0 Å². The topological polar surface area (TPSA) is 41.1 Å². The van der Waals surface area contributed by atoms with Crippen LogP contribution in [0.15, 0.2) is 0 Å². The second-order valence-electron chi connectivity index (χ2n) is 6.39. The van der Waals surface area contributed by atoms with Gasteiger partial charge in [0.15, 0.2) is 0 Å². The summed E-state index contributed by atoms with van der Waals surface area (Å²) in [7, 11) is 1.83. The third kappa shape index (κ3) is 3.21. The predicted molar refractivity (Wildman–Crippen MR) is 71.9 cm³/mol. The number of nitrogens with one attached hydrogen (secondary N) is 2. The van der Waals surface area contributed by atoms with Gasteiger partial charge in [0.05, 0.1) is 6.04 Å². The Morgan fingerprint density at radius 1 is 1.18 bits per heavy atom. The van der Waals surface area contributed by atoms with Crippen molar-refractivity contribution in [2.75, 3.05) is 7.05 Å². The summed E-state index contributed by atoms with van der Waals surface area (Å²) in [6.07, 6.45) is 5.98. The molecule has 100 valence electrons. The highest BCUT2D eigenvalue weighted by atomic mass is 16.2. The molecule has 1 fully saturated rings. The fourth-order valence-electron chi connectivity index (χ4n) is 2.69. The smallest absolute Gasteiger partial charge is 0.237 e. The zero-order chi connectivity index (χ0) is 13.1. The van der Waals surface area contributed by atoms with Crippen molar-refractivity contribution in [1.82, 2.24) is 10.6 Å². The molecule has 0 heterocycles. The molecule has 0 aliphatic heterocycles. The summed E-state index contributed by atoms with van der Waals surface area (Å²) in [6, 6.07) is -0.115. The Morgan fingerprint density at radius 3 is 2.12 bits per heavy atom. The van der Waals surface area contributed by atoms with Gasteiger partial charge in [0, 0.05) is 5.54 Å². The number of hydrogen-bond donors (Lipinski definition) is 2. The summed E-state index contributed by atoms with van der Waals surface area (Å²) < 4.78 is 0. The minimum absolute atomic E-state index is 0.0204. The Kier molecular flexibility index (Phi) is 4.59. The van der Waals surface area contributed by atoms with E-state index in [1.54, 1.807) is 0 Å². The van der Waals surface area contributed by atoms with Gasteiger partial charge in [0.1, 0.15) is 0 Å². The lowest BCUT2D eigenvalue weighted by Crippen LogP contribution is -2.60. The molecule has 0 spiro atoms. The molecule has 0 aromatic rings. The van der Waals surface area contributed by atoms with Gasteiger partial charge in [-0.05, 0) is 32.2 Å². The summed E-state index contributed by atoms with van der Waals surface area (Å²) in [5, 5.41) is 6.33. The zero-order valence-corrected chi connectivity index (χ0v) is 12.0. The van der Waals surface area contributed by atoms with Crippen molar-refractivity contribution in [3.63, 3.8) is 0 Å². The first-order valence-electron chi connectivity index (χ1n) is 6.82. The number of likely N-dealkylation sites (N-methyl/N-ethyl adjacent to an activating group) is 1. The maximum Gasteiger partial charge on any atom is 0.237 e. The first-order chi connectivity index (χ1) is 7.82. The van der Waals surface area contributed by atoms with Crippen LogP contribution in [0.25, 0.3) is 0 Å². The van der Waals surface area contributed by atoms with E-state index in [1.807, 2.05) is 14.0 Å². The van der Waals surface area contributed by atoms with Crippen molar-refractivity contribution in [3.05, 3.63) is 0 Å². The Balaban J connectivity index is 2.81. The van der Waals surface area contributed by atoms with Crippen LogP contribution < -0.4 is 10.6 Å². The monoisotopic (exact) mass is 240 g/mol. The predicted octanol–water partition coefficient (Wildman–Crippen LogP) is 2.46. The van der Waals surface area contributed by atoms with Crippen molar-refractivity contribution in [2.45, 2.75) is 71.4 Å². The number of amides is 1.